The second-order valence-electron chi connectivity index (χ2n) is 14.6. The number of nitrogens with one attached hydrogen (secondary N) is 3. The Kier molecular flexibility index (Phi) is 9.46. The molecule has 0 spiro atoms. The Balaban J connectivity index is 1.17. The van der Waals surface area contributed by atoms with E-state index in [0.29, 0.717) is 31.1 Å². The van der Waals surface area contributed by atoms with Crippen LogP contribution in [0.4, 0.5) is 9.93 Å². The van der Waals surface area contributed by atoms with Crippen molar-refractivity contribution in [2.75, 3.05) is 11.9 Å². The number of carbonyl (C=O) groups is 4. The summed E-state index contributed by atoms with van der Waals surface area (Å²) in [4.78, 5) is 63.4. The number of thiazole rings is 1. The van der Waals surface area contributed by atoms with Gasteiger partial charge in [-0.1, -0.05) is 50.3 Å². The van der Waals surface area contributed by atoms with Gasteiger partial charge in [-0.15, -0.1) is 17.9 Å². The van der Waals surface area contributed by atoms with Gasteiger partial charge in [-0.3, -0.25) is 24.0 Å². The summed E-state index contributed by atoms with van der Waals surface area (Å²) in [6, 6.07) is 4.17. The van der Waals surface area contributed by atoms with E-state index in [4.69, 9.17) is 9.72 Å². The maximum atomic E-state index is 14.4. The molecule has 5 aliphatic rings. The maximum absolute atomic E-state index is 14.4. The zero-order valence-electron chi connectivity index (χ0n) is 28.8. The summed E-state index contributed by atoms with van der Waals surface area (Å²) in [5, 5.41) is 8.05. The molecule has 2 saturated carbocycles. The Bertz CT molecular complexity index is 1890. The lowest BCUT2D eigenvalue weighted by Gasteiger charge is -2.31. The number of anilines is 1. The number of hydrogen-bond donors (Lipinski definition) is 3. The molecule has 7 rings (SSSR count). The first kappa shape index (κ1) is 35.2. The molecule has 2 aliphatic carbocycles. The van der Waals surface area contributed by atoms with Crippen LogP contribution in [0.2, 0.25) is 0 Å². The Morgan fingerprint density at radius 1 is 1.22 bits per heavy atom. The fraction of sp³-hybridized carbons (Fsp3) is 0.528. The van der Waals surface area contributed by atoms with E-state index in [1.165, 1.54) is 22.3 Å². The molecule has 3 N–H and O–H groups in total. The number of hydrogen-bond acceptors (Lipinski definition) is 10. The van der Waals surface area contributed by atoms with Crippen LogP contribution in [0, 0.1) is 11.8 Å². The monoisotopic (exact) mass is 736 g/mol. The van der Waals surface area contributed by atoms with Crippen LogP contribution in [0.5, 0.6) is 0 Å². The summed E-state index contributed by atoms with van der Waals surface area (Å²) in [5.41, 5.74) is 2.55. The van der Waals surface area contributed by atoms with Crippen molar-refractivity contribution in [1.29, 1.82) is 0 Å². The van der Waals surface area contributed by atoms with Gasteiger partial charge in [0.25, 0.3) is 5.91 Å². The van der Waals surface area contributed by atoms with Gasteiger partial charge in [0.1, 0.15) is 23.7 Å². The summed E-state index contributed by atoms with van der Waals surface area (Å²) in [7, 11) is -3.87. The molecule has 6 bridgehead atoms. The van der Waals surface area contributed by atoms with Crippen molar-refractivity contribution >= 4 is 56.4 Å². The largest absolute Gasteiger partial charge is 0.444 e. The van der Waals surface area contributed by atoms with E-state index in [1.54, 1.807) is 4.90 Å². The number of rotatable bonds is 7. The Morgan fingerprint density at radius 3 is 2.75 bits per heavy atom. The molecule has 4 heterocycles. The predicted octanol–water partition coefficient (Wildman–Crippen LogP) is 3.72. The molecule has 1 aromatic carbocycles. The fourth-order valence-electron chi connectivity index (χ4n) is 7.27. The highest BCUT2D eigenvalue weighted by atomic mass is 32.2. The van der Waals surface area contributed by atoms with E-state index in [2.05, 4.69) is 34.1 Å². The summed E-state index contributed by atoms with van der Waals surface area (Å²) in [6.07, 6.45) is 8.05. The van der Waals surface area contributed by atoms with Crippen molar-refractivity contribution in [3.8, 4) is 0 Å². The van der Waals surface area contributed by atoms with Gasteiger partial charge in [0, 0.05) is 24.3 Å². The van der Waals surface area contributed by atoms with Gasteiger partial charge in [-0.2, -0.15) is 0 Å². The van der Waals surface area contributed by atoms with Gasteiger partial charge in [-0.25, -0.2) is 18.2 Å². The number of sulfonamides is 1. The number of carbonyl (C=O) groups excluding carboxylic acids is 4. The third-order valence-corrected chi connectivity index (χ3v) is 13.1. The summed E-state index contributed by atoms with van der Waals surface area (Å²) in [6.45, 7) is 8.29. The predicted molar refractivity (Wildman–Crippen MR) is 192 cm³/mol. The number of ether oxygens (including phenoxy) is 1. The van der Waals surface area contributed by atoms with E-state index < -0.39 is 62.8 Å². The number of allylic oxidation sites excluding steroid dienone is 1. The average Bonchev–Trinajstić information content (AvgIpc) is 3.91. The van der Waals surface area contributed by atoms with Crippen molar-refractivity contribution in [2.45, 2.75) is 101 Å². The minimum absolute atomic E-state index is 0.00112. The van der Waals surface area contributed by atoms with Crippen LogP contribution in [0.25, 0.3) is 6.08 Å². The number of fused-ring (bicyclic) bond motifs is 5. The van der Waals surface area contributed by atoms with E-state index in [0.717, 1.165) is 41.6 Å². The maximum Gasteiger partial charge on any atom is 0.410 e. The minimum Gasteiger partial charge on any atom is -0.444 e. The van der Waals surface area contributed by atoms with Crippen molar-refractivity contribution in [1.82, 2.24) is 24.8 Å². The van der Waals surface area contributed by atoms with Gasteiger partial charge in [0.05, 0.1) is 24.0 Å². The lowest BCUT2D eigenvalue weighted by atomic mass is 10.0. The summed E-state index contributed by atoms with van der Waals surface area (Å²) >= 11 is 1.41. The molecule has 272 valence electrons. The molecule has 4 amide bonds. The van der Waals surface area contributed by atoms with Crippen molar-refractivity contribution < 1.29 is 32.3 Å². The molecular formula is C36H44N6O7S2. The van der Waals surface area contributed by atoms with Crippen molar-refractivity contribution in [3.63, 3.8) is 0 Å². The van der Waals surface area contributed by atoms with E-state index in [1.807, 2.05) is 37.4 Å². The number of aryl methyl sites for hydroxylation is 1. The normalized spacial score (nSPS) is 28.5. The molecule has 3 fully saturated rings. The number of nitrogens with zero attached hydrogens (tertiary/aromatic N) is 3. The first-order valence-corrected chi connectivity index (χ1v) is 20.1. The first-order valence-electron chi connectivity index (χ1n) is 17.6. The molecule has 13 nitrogen and oxygen atoms in total. The molecule has 2 aromatic rings. The zero-order chi connectivity index (χ0) is 36.1. The fourth-order valence-corrected chi connectivity index (χ4v) is 9.42. The van der Waals surface area contributed by atoms with Gasteiger partial charge >= 0.3 is 6.09 Å². The van der Waals surface area contributed by atoms with Gasteiger partial charge < -0.3 is 20.3 Å². The topological polar surface area (TPSA) is 167 Å². The van der Waals surface area contributed by atoms with Gasteiger partial charge in [-0.05, 0) is 61.1 Å². The van der Waals surface area contributed by atoms with Crippen LogP contribution in [-0.2, 0) is 48.7 Å². The van der Waals surface area contributed by atoms with Crippen LogP contribution in [-0.4, -0.2) is 82.5 Å². The molecule has 1 aromatic heterocycles. The number of amides is 4. The third-order valence-electron chi connectivity index (χ3n) is 10.5. The van der Waals surface area contributed by atoms with Crippen LogP contribution in [0.1, 0.15) is 74.8 Å². The quantitative estimate of drug-likeness (QED) is 0.359. The highest BCUT2D eigenvalue weighted by Crippen LogP contribution is 2.45. The molecule has 5 atom stereocenters. The van der Waals surface area contributed by atoms with E-state index in [-0.39, 0.29) is 31.2 Å². The smallest absolute Gasteiger partial charge is 0.410 e. The Morgan fingerprint density at radius 2 is 2.02 bits per heavy atom. The van der Waals surface area contributed by atoms with Crippen LogP contribution in [0.15, 0.2) is 42.3 Å². The summed E-state index contributed by atoms with van der Waals surface area (Å²) in [5.74, 6) is -2.52. The Hall–Kier alpha value is -4.24. The lowest BCUT2D eigenvalue weighted by Crippen LogP contribution is -2.58. The molecule has 15 heteroatoms. The van der Waals surface area contributed by atoms with Crippen LogP contribution in [0.3, 0.4) is 0 Å². The standard InChI is InChI=1S/C36H44N6O7S2/c1-4-24-16-36(24,33(45)40-51(47,48)27-13-14-27)39-31(43)29-15-26-18-42(29)32(44)30(21(2)3)38-34-37-25(20-50-34)12-7-5-6-9-22-10-8-11-23-17-41(19-28(22)23)35(46)49-26/h4,6,8-11,20-21,24,26-27,29-30H,1,5,7,12-19H2,2-3H3,(H,37,38)(H,39,43)(H,40,45)/b9-6+/t24-,26+,29-,30-,36?/m0/s1. The van der Waals surface area contributed by atoms with Crippen LogP contribution < -0.4 is 15.4 Å². The highest BCUT2D eigenvalue weighted by Gasteiger charge is 2.62. The SMILES string of the molecule is C=C[C@H]1CC1(NC(=O)[C@@H]1C[C@@H]2CN1C(=O)[C@H](C(C)C)Nc1nc(cs1)CCC/C=C/c1cccc3c1CN(C3)C(=O)O2)C(=O)NS(=O)(=O)C1CC1. The lowest BCUT2D eigenvalue weighted by molar-refractivity contribution is -0.140. The van der Waals surface area contributed by atoms with Gasteiger partial charge in [0.15, 0.2) is 5.13 Å². The highest BCUT2D eigenvalue weighted by molar-refractivity contribution is 7.91. The first-order chi connectivity index (χ1) is 24.4. The third kappa shape index (κ3) is 7.14. The van der Waals surface area contributed by atoms with Crippen molar-refractivity contribution in [3.05, 3.63) is 64.7 Å². The van der Waals surface area contributed by atoms with Crippen molar-refractivity contribution in [2.24, 2.45) is 11.8 Å². The Labute approximate surface area is 301 Å². The molecular weight excluding hydrogens is 693 g/mol. The number of benzene rings is 1. The van der Waals surface area contributed by atoms with Gasteiger partial charge in [0.2, 0.25) is 21.8 Å². The average molecular weight is 737 g/mol. The number of aromatic nitrogens is 1. The molecule has 1 saturated heterocycles. The molecule has 51 heavy (non-hydrogen) atoms. The molecule has 3 aliphatic heterocycles. The van der Waals surface area contributed by atoms with Crippen LogP contribution >= 0.6 is 11.3 Å². The second-order valence-corrected chi connectivity index (χ2v) is 17.4. The van der Waals surface area contributed by atoms with E-state index in [9.17, 15) is 27.6 Å². The zero-order valence-corrected chi connectivity index (χ0v) is 30.4. The molecule has 0 radical (unpaired) electrons. The molecule has 1 unspecified atom stereocenters. The second kappa shape index (κ2) is 13.7. The van der Waals surface area contributed by atoms with E-state index >= 15 is 0 Å². The minimum atomic E-state index is -3.87. The summed E-state index contributed by atoms with van der Waals surface area (Å²) < 4.78 is 33.5.